The molecule has 0 spiro atoms. The van der Waals surface area contributed by atoms with Gasteiger partial charge in [0, 0.05) is 25.8 Å². The molecule has 0 radical (unpaired) electrons. The van der Waals surface area contributed by atoms with Gasteiger partial charge in [0.25, 0.3) is 0 Å². The van der Waals surface area contributed by atoms with Gasteiger partial charge in [-0.1, -0.05) is 5.16 Å². The summed E-state index contributed by atoms with van der Waals surface area (Å²) in [6.45, 7) is 2.05. The molecule has 0 aromatic carbocycles. The smallest absolute Gasteiger partial charge is 0.228 e. The fourth-order valence-electron chi connectivity index (χ4n) is 1.36. The SMILES string of the molecule is CNC(COC)Cc1nc(C(C)S(C)(=O)=O)no1. The molecule has 0 saturated carbocycles. The van der Waals surface area contributed by atoms with Crippen molar-refractivity contribution in [1.82, 2.24) is 15.5 Å². The van der Waals surface area contributed by atoms with Gasteiger partial charge in [-0.3, -0.25) is 0 Å². The highest BCUT2D eigenvalue weighted by Gasteiger charge is 2.23. The van der Waals surface area contributed by atoms with Crippen molar-refractivity contribution in [1.29, 1.82) is 0 Å². The highest BCUT2D eigenvalue weighted by Crippen LogP contribution is 2.17. The maximum Gasteiger partial charge on any atom is 0.228 e. The molecule has 0 saturated heterocycles. The molecular formula is C10H19N3O4S. The molecule has 1 aromatic heterocycles. The molecule has 2 atom stereocenters. The van der Waals surface area contributed by atoms with E-state index in [2.05, 4.69) is 15.5 Å². The molecule has 1 rings (SSSR count). The summed E-state index contributed by atoms with van der Waals surface area (Å²) >= 11 is 0. The molecule has 8 heteroatoms. The molecule has 1 heterocycles. The number of nitrogens with one attached hydrogen (secondary N) is 1. The molecule has 7 nitrogen and oxygen atoms in total. The van der Waals surface area contributed by atoms with Crippen LogP contribution in [-0.4, -0.2) is 51.6 Å². The predicted molar refractivity (Wildman–Crippen MR) is 66.0 cm³/mol. The van der Waals surface area contributed by atoms with Crippen LogP contribution in [0.1, 0.15) is 23.9 Å². The van der Waals surface area contributed by atoms with Crippen LogP contribution in [0.4, 0.5) is 0 Å². The van der Waals surface area contributed by atoms with Gasteiger partial charge in [0.05, 0.1) is 6.61 Å². The van der Waals surface area contributed by atoms with E-state index in [-0.39, 0.29) is 11.9 Å². The summed E-state index contributed by atoms with van der Waals surface area (Å²) in [6.07, 6.45) is 1.64. The first kappa shape index (κ1) is 15.1. The van der Waals surface area contributed by atoms with Crippen molar-refractivity contribution in [3.05, 3.63) is 11.7 Å². The molecule has 0 amide bonds. The van der Waals surface area contributed by atoms with E-state index in [9.17, 15) is 8.42 Å². The van der Waals surface area contributed by atoms with Crippen LogP contribution >= 0.6 is 0 Å². The van der Waals surface area contributed by atoms with Gasteiger partial charge >= 0.3 is 0 Å². The van der Waals surface area contributed by atoms with Gasteiger partial charge in [-0.05, 0) is 14.0 Å². The van der Waals surface area contributed by atoms with Crippen molar-refractivity contribution in [3.63, 3.8) is 0 Å². The second kappa shape index (κ2) is 6.26. The van der Waals surface area contributed by atoms with Gasteiger partial charge < -0.3 is 14.6 Å². The highest BCUT2D eigenvalue weighted by atomic mass is 32.2. The normalized spacial score (nSPS) is 15.6. The van der Waals surface area contributed by atoms with Crippen molar-refractivity contribution in [2.75, 3.05) is 27.0 Å². The third-order valence-corrected chi connectivity index (χ3v) is 4.18. The number of methoxy groups -OCH3 is 1. The zero-order valence-corrected chi connectivity index (χ0v) is 11.8. The minimum atomic E-state index is -3.21. The minimum Gasteiger partial charge on any atom is -0.383 e. The number of ether oxygens (including phenoxy) is 1. The summed E-state index contributed by atoms with van der Waals surface area (Å²) < 4.78 is 32.8. The Morgan fingerprint density at radius 3 is 2.67 bits per heavy atom. The largest absolute Gasteiger partial charge is 0.383 e. The Kier molecular flexibility index (Phi) is 5.24. The van der Waals surface area contributed by atoms with Crippen LogP contribution in [0.3, 0.4) is 0 Å². The van der Waals surface area contributed by atoms with E-state index >= 15 is 0 Å². The number of hydrogen-bond donors (Lipinski definition) is 1. The van der Waals surface area contributed by atoms with E-state index in [1.165, 1.54) is 6.92 Å². The lowest BCUT2D eigenvalue weighted by Gasteiger charge is -2.11. The van der Waals surface area contributed by atoms with Gasteiger partial charge in [0.15, 0.2) is 15.7 Å². The summed E-state index contributed by atoms with van der Waals surface area (Å²) in [5.74, 6) is 0.594. The number of aromatic nitrogens is 2. The second-order valence-electron chi connectivity index (χ2n) is 4.16. The topological polar surface area (TPSA) is 94.3 Å². The fourth-order valence-corrected chi connectivity index (χ4v) is 1.84. The molecule has 0 aliphatic rings. The average molecular weight is 277 g/mol. The third kappa shape index (κ3) is 4.04. The Balaban J connectivity index is 2.74. The Morgan fingerprint density at radius 1 is 1.50 bits per heavy atom. The molecule has 104 valence electrons. The van der Waals surface area contributed by atoms with E-state index in [0.29, 0.717) is 18.9 Å². The van der Waals surface area contributed by atoms with Crippen molar-refractivity contribution in [3.8, 4) is 0 Å². The number of hydrogen-bond acceptors (Lipinski definition) is 7. The molecule has 0 fully saturated rings. The van der Waals surface area contributed by atoms with Gasteiger partial charge in [-0.25, -0.2) is 8.42 Å². The second-order valence-corrected chi connectivity index (χ2v) is 6.53. The molecule has 0 aliphatic heterocycles. The zero-order valence-electron chi connectivity index (χ0n) is 11.0. The van der Waals surface area contributed by atoms with Crippen molar-refractivity contribution >= 4 is 9.84 Å². The first-order valence-electron chi connectivity index (χ1n) is 5.56. The Hall–Kier alpha value is -0.990. The lowest BCUT2D eigenvalue weighted by atomic mass is 10.2. The number of nitrogens with zero attached hydrogens (tertiary/aromatic N) is 2. The van der Waals surface area contributed by atoms with Gasteiger partial charge in [0.1, 0.15) is 5.25 Å². The van der Waals surface area contributed by atoms with Crippen LogP contribution in [-0.2, 0) is 21.0 Å². The van der Waals surface area contributed by atoms with Crippen LogP contribution in [0.15, 0.2) is 4.52 Å². The molecular weight excluding hydrogens is 258 g/mol. The van der Waals surface area contributed by atoms with Gasteiger partial charge in [-0.2, -0.15) is 4.98 Å². The Labute approximate surface area is 107 Å². The van der Waals surface area contributed by atoms with E-state index in [1.54, 1.807) is 14.2 Å². The van der Waals surface area contributed by atoms with E-state index < -0.39 is 15.1 Å². The standard InChI is InChI=1S/C10H19N3O4S/c1-7(18(4,14)15)10-12-9(17-13-10)5-8(11-2)6-16-3/h7-8,11H,5-6H2,1-4H3. The van der Waals surface area contributed by atoms with Gasteiger partial charge in [0.2, 0.25) is 5.89 Å². The van der Waals surface area contributed by atoms with Crippen LogP contribution in [0.2, 0.25) is 0 Å². The average Bonchev–Trinajstić information content (AvgIpc) is 2.74. The molecule has 2 unspecified atom stereocenters. The molecule has 1 N–H and O–H groups in total. The molecule has 1 aromatic rings. The summed E-state index contributed by atoms with van der Waals surface area (Å²) in [7, 11) is 0.200. The van der Waals surface area contributed by atoms with Crippen molar-refractivity contribution < 1.29 is 17.7 Å². The van der Waals surface area contributed by atoms with Gasteiger partial charge in [-0.15, -0.1) is 0 Å². The highest BCUT2D eigenvalue weighted by molar-refractivity contribution is 7.90. The Morgan fingerprint density at radius 2 is 2.17 bits per heavy atom. The summed E-state index contributed by atoms with van der Waals surface area (Å²) in [5, 5.41) is 5.99. The third-order valence-electron chi connectivity index (χ3n) is 2.69. The number of likely N-dealkylation sites (N-methyl/N-ethyl adjacent to an activating group) is 1. The van der Waals surface area contributed by atoms with E-state index in [1.807, 2.05) is 0 Å². The molecule has 0 bridgehead atoms. The zero-order chi connectivity index (χ0) is 13.8. The summed E-state index contributed by atoms with van der Waals surface area (Å²) in [5.41, 5.74) is 0. The first-order chi connectivity index (χ1) is 8.38. The summed E-state index contributed by atoms with van der Waals surface area (Å²) in [4.78, 5) is 4.09. The molecule has 18 heavy (non-hydrogen) atoms. The maximum atomic E-state index is 11.4. The van der Waals surface area contributed by atoms with Crippen LogP contribution < -0.4 is 5.32 Å². The van der Waals surface area contributed by atoms with E-state index in [0.717, 1.165) is 6.26 Å². The van der Waals surface area contributed by atoms with Crippen LogP contribution in [0, 0.1) is 0 Å². The minimum absolute atomic E-state index is 0.0526. The summed E-state index contributed by atoms with van der Waals surface area (Å²) in [6, 6.07) is 0.0526. The number of rotatable bonds is 7. The first-order valence-corrected chi connectivity index (χ1v) is 7.51. The predicted octanol–water partition coefficient (Wildman–Crippen LogP) is -0.0479. The van der Waals surface area contributed by atoms with E-state index in [4.69, 9.17) is 9.26 Å². The Bertz CT molecular complexity index is 471. The lowest BCUT2D eigenvalue weighted by Crippen LogP contribution is -2.32. The molecule has 0 aliphatic carbocycles. The van der Waals surface area contributed by atoms with Crippen LogP contribution in [0.5, 0.6) is 0 Å². The van der Waals surface area contributed by atoms with Crippen molar-refractivity contribution in [2.45, 2.75) is 24.6 Å². The maximum absolute atomic E-state index is 11.4. The van der Waals surface area contributed by atoms with Crippen molar-refractivity contribution in [2.24, 2.45) is 0 Å². The fraction of sp³-hybridized carbons (Fsp3) is 0.800. The lowest BCUT2D eigenvalue weighted by molar-refractivity contribution is 0.165. The quantitative estimate of drug-likeness (QED) is 0.746. The number of sulfone groups is 1. The monoisotopic (exact) mass is 277 g/mol. The van der Waals surface area contributed by atoms with Crippen LogP contribution in [0.25, 0.3) is 0 Å².